The first-order chi connectivity index (χ1) is 9.27. The van der Waals surface area contributed by atoms with E-state index in [4.69, 9.17) is 4.74 Å². The van der Waals surface area contributed by atoms with E-state index >= 15 is 0 Å². The molecule has 3 rings (SSSR count). The summed E-state index contributed by atoms with van der Waals surface area (Å²) in [5, 5.41) is 11.5. The molecule has 0 spiro atoms. The lowest BCUT2D eigenvalue weighted by Gasteiger charge is -2.31. The van der Waals surface area contributed by atoms with E-state index in [0.29, 0.717) is 6.61 Å². The summed E-state index contributed by atoms with van der Waals surface area (Å²) in [6.07, 6.45) is 6.85. The molecule has 2 aromatic rings. The van der Waals surface area contributed by atoms with E-state index in [1.54, 1.807) is 6.20 Å². The lowest BCUT2D eigenvalue weighted by Crippen LogP contribution is -2.37. The molecule has 1 saturated carbocycles. The second kappa shape index (κ2) is 5.17. The number of para-hydroxylation sites is 1. The van der Waals surface area contributed by atoms with Gasteiger partial charge in [0.1, 0.15) is 17.9 Å². The molecule has 1 aromatic carbocycles. The number of benzene rings is 1. The first kappa shape index (κ1) is 12.4. The number of hydrogen-bond donors (Lipinski definition) is 1. The van der Waals surface area contributed by atoms with Crippen LogP contribution in [0.3, 0.4) is 0 Å². The Morgan fingerprint density at radius 2 is 1.89 bits per heavy atom. The van der Waals surface area contributed by atoms with Crippen LogP contribution in [-0.2, 0) is 0 Å². The third-order valence-electron chi connectivity index (χ3n) is 3.88. The van der Waals surface area contributed by atoms with E-state index in [1.165, 1.54) is 6.42 Å². The zero-order chi connectivity index (χ0) is 13.1. The number of hydrogen-bond acceptors (Lipinski definition) is 3. The monoisotopic (exact) mass is 257 g/mol. The van der Waals surface area contributed by atoms with Crippen LogP contribution >= 0.6 is 0 Å². The first-order valence-corrected chi connectivity index (χ1v) is 6.96. The van der Waals surface area contributed by atoms with E-state index in [9.17, 15) is 5.11 Å². The van der Waals surface area contributed by atoms with Crippen LogP contribution in [0, 0.1) is 0 Å². The Hall–Kier alpha value is -1.61. The Labute approximate surface area is 113 Å². The van der Waals surface area contributed by atoms with Crippen molar-refractivity contribution in [3.05, 3.63) is 36.5 Å². The van der Waals surface area contributed by atoms with Gasteiger partial charge in [0, 0.05) is 11.6 Å². The van der Waals surface area contributed by atoms with Crippen molar-refractivity contribution in [3.8, 4) is 5.75 Å². The van der Waals surface area contributed by atoms with Gasteiger partial charge in [-0.25, -0.2) is 0 Å². The summed E-state index contributed by atoms with van der Waals surface area (Å²) in [4.78, 5) is 4.36. The van der Waals surface area contributed by atoms with Crippen LogP contribution in [0.4, 0.5) is 0 Å². The molecule has 100 valence electrons. The van der Waals surface area contributed by atoms with E-state index in [0.717, 1.165) is 42.3 Å². The summed E-state index contributed by atoms with van der Waals surface area (Å²) in [6.45, 7) is 0.364. The van der Waals surface area contributed by atoms with Gasteiger partial charge in [-0.2, -0.15) is 0 Å². The molecule has 19 heavy (non-hydrogen) atoms. The minimum Gasteiger partial charge on any atom is -0.488 e. The summed E-state index contributed by atoms with van der Waals surface area (Å²) in [5.41, 5.74) is 0.208. The molecule has 3 heteroatoms. The first-order valence-electron chi connectivity index (χ1n) is 6.96. The van der Waals surface area contributed by atoms with Gasteiger partial charge in [-0.1, -0.05) is 37.5 Å². The molecule has 0 radical (unpaired) electrons. The third-order valence-corrected chi connectivity index (χ3v) is 3.88. The number of rotatable bonds is 3. The van der Waals surface area contributed by atoms with Gasteiger partial charge in [-0.3, -0.25) is 4.98 Å². The second-order valence-corrected chi connectivity index (χ2v) is 5.40. The molecule has 3 nitrogen and oxygen atoms in total. The van der Waals surface area contributed by atoms with Crippen LogP contribution < -0.4 is 4.74 Å². The van der Waals surface area contributed by atoms with Gasteiger partial charge < -0.3 is 9.84 Å². The maximum Gasteiger partial charge on any atom is 0.145 e. The molecule has 1 aliphatic rings. The molecule has 1 heterocycles. The van der Waals surface area contributed by atoms with Gasteiger partial charge in [0.15, 0.2) is 0 Å². The lowest BCUT2D eigenvalue weighted by atomic mass is 9.85. The number of fused-ring (bicyclic) bond motifs is 1. The normalized spacial score (nSPS) is 18.4. The molecular formula is C16H19NO2. The Morgan fingerprint density at radius 3 is 2.74 bits per heavy atom. The van der Waals surface area contributed by atoms with Crippen molar-refractivity contribution in [3.63, 3.8) is 0 Å². The Bertz CT molecular complexity index is 556. The van der Waals surface area contributed by atoms with Gasteiger partial charge in [-0.15, -0.1) is 0 Å². The zero-order valence-corrected chi connectivity index (χ0v) is 11.0. The van der Waals surface area contributed by atoms with Crippen LogP contribution in [0.1, 0.15) is 32.1 Å². The minimum absolute atomic E-state index is 0.364. The second-order valence-electron chi connectivity index (χ2n) is 5.40. The predicted octanol–water partition coefficient (Wildman–Crippen LogP) is 3.31. The molecule has 0 aliphatic heterocycles. The molecule has 0 saturated heterocycles. The van der Waals surface area contributed by atoms with E-state index < -0.39 is 5.60 Å². The van der Waals surface area contributed by atoms with Crippen LogP contribution in [0.15, 0.2) is 36.5 Å². The summed E-state index contributed by atoms with van der Waals surface area (Å²) in [7, 11) is 0. The number of pyridine rings is 1. The highest BCUT2D eigenvalue weighted by atomic mass is 16.5. The summed E-state index contributed by atoms with van der Waals surface area (Å²) < 4.78 is 5.85. The number of aliphatic hydroxyl groups is 1. The quantitative estimate of drug-likeness (QED) is 0.917. The summed E-state index contributed by atoms with van der Waals surface area (Å²) >= 11 is 0. The van der Waals surface area contributed by atoms with Crippen molar-refractivity contribution in [2.24, 2.45) is 0 Å². The molecule has 0 unspecified atom stereocenters. The van der Waals surface area contributed by atoms with Crippen molar-refractivity contribution < 1.29 is 9.84 Å². The van der Waals surface area contributed by atoms with Crippen LogP contribution in [0.2, 0.25) is 0 Å². The lowest BCUT2D eigenvalue weighted by molar-refractivity contribution is -0.0335. The fourth-order valence-electron chi connectivity index (χ4n) is 2.76. The Kier molecular flexibility index (Phi) is 3.38. The minimum atomic E-state index is -0.658. The SMILES string of the molecule is OC1(COc2cccc3cccnc23)CCCCC1. The molecule has 1 aliphatic carbocycles. The van der Waals surface area contributed by atoms with Gasteiger partial charge in [0.2, 0.25) is 0 Å². The third kappa shape index (κ3) is 2.71. The molecule has 0 bridgehead atoms. The van der Waals surface area contributed by atoms with Gasteiger partial charge >= 0.3 is 0 Å². The number of aromatic nitrogens is 1. The molecule has 0 amide bonds. The molecule has 0 atom stereocenters. The fraction of sp³-hybridized carbons (Fsp3) is 0.438. The molecule has 1 N–H and O–H groups in total. The number of ether oxygens (including phenoxy) is 1. The van der Waals surface area contributed by atoms with Gasteiger partial charge in [-0.05, 0) is 25.0 Å². The van der Waals surface area contributed by atoms with Crippen LogP contribution in [-0.4, -0.2) is 22.3 Å². The Balaban J connectivity index is 1.78. The Morgan fingerprint density at radius 1 is 1.11 bits per heavy atom. The zero-order valence-electron chi connectivity index (χ0n) is 11.0. The van der Waals surface area contributed by atoms with E-state index in [2.05, 4.69) is 4.98 Å². The molecule has 1 aromatic heterocycles. The van der Waals surface area contributed by atoms with Crippen molar-refractivity contribution in [2.75, 3.05) is 6.61 Å². The fourth-order valence-corrected chi connectivity index (χ4v) is 2.76. The average molecular weight is 257 g/mol. The average Bonchev–Trinajstić information content (AvgIpc) is 2.46. The van der Waals surface area contributed by atoms with Crippen molar-refractivity contribution in [2.45, 2.75) is 37.7 Å². The van der Waals surface area contributed by atoms with E-state index in [-0.39, 0.29) is 0 Å². The smallest absolute Gasteiger partial charge is 0.145 e. The van der Waals surface area contributed by atoms with Crippen molar-refractivity contribution in [1.29, 1.82) is 0 Å². The highest BCUT2D eigenvalue weighted by Crippen LogP contribution is 2.30. The van der Waals surface area contributed by atoms with E-state index in [1.807, 2.05) is 30.3 Å². The van der Waals surface area contributed by atoms with Gasteiger partial charge in [0.25, 0.3) is 0 Å². The number of nitrogens with zero attached hydrogens (tertiary/aromatic N) is 1. The van der Waals surface area contributed by atoms with Gasteiger partial charge in [0.05, 0.1) is 5.60 Å². The van der Waals surface area contributed by atoms with Crippen LogP contribution in [0.25, 0.3) is 10.9 Å². The highest BCUT2D eigenvalue weighted by molar-refractivity contribution is 5.84. The standard InChI is InChI=1S/C16H19NO2/c18-16(9-2-1-3-10-16)12-19-14-8-4-6-13-7-5-11-17-15(13)14/h4-8,11,18H,1-3,9-10,12H2. The largest absolute Gasteiger partial charge is 0.488 e. The maximum absolute atomic E-state index is 10.5. The topological polar surface area (TPSA) is 42.4 Å². The van der Waals surface area contributed by atoms with Crippen molar-refractivity contribution >= 4 is 10.9 Å². The molecule has 1 fully saturated rings. The highest BCUT2D eigenvalue weighted by Gasteiger charge is 2.30. The predicted molar refractivity (Wildman–Crippen MR) is 75.3 cm³/mol. The van der Waals surface area contributed by atoms with Crippen molar-refractivity contribution in [1.82, 2.24) is 4.98 Å². The summed E-state index contributed by atoms with van der Waals surface area (Å²) in [6, 6.07) is 9.83. The summed E-state index contributed by atoms with van der Waals surface area (Å²) in [5.74, 6) is 0.761. The maximum atomic E-state index is 10.5. The van der Waals surface area contributed by atoms with Crippen LogP contribution in [0.5, 0.6) is 5.75 Å². The molecular weight excluding hydrogens is 238 g/mol.